The molecule has 0 saturated carbocycles. The number of ether oxygens (including phenoxy) is 1. The van der Waals surface area contributed by atoms with Gasteiger partial charge in [0.15, 0.2) is 0 Å². The summed E-state index contributed by atoms with van der Waals surface area (Å²) in [6, 6.07) is 12.8. The molecule has 0 radical (unpaired) electrons. The van der Waals surface area contributed by atoms with E-state index in [-0.39, 0.29) is 24.9 Å². The molecular formula is C21H24N2O4. The molecule has 0 aliphatic carbocycles. The highest BCUT2D eigenvalue weighted by atomic mass is 16.5. The molecular weight excluding hydrogens is 344 g/mol. The molecule has 2 amide bonds. The number of methoxy groups -OCH3 is 1. The van der Waals surface area contributed by atoms with Crippen LogP contribution in [0.15, 0.2) is 42.5 Å². The number of rotatable bonds is 6. The molecule has 0 fully saturated rings. The van der Waals surface area contributed by atoms with Gasteiger partial charge in [-0.15, -0.1) is 0 Å². The summed E-state index contributed by atoms with van der Waals surface area (Å²) in [5, 5.41) is 2.72. The van der Waals surface area contributed by atoms with E-state index >= 15 is 0 Å². The first-order valence-electron chi connectivity index (χ1n) is 8.60. The third kappa shape index (κ3) is 5.41. The molecule has 6 heteroatoms. The van der Waals surface area contributed by atoms with Gasteiger partial charge in [-0.25, -0.2) is 0 Å². The molecule has 1 N–H and O–H groups in total. The molecule has 2 aromatic carbocycles. The van der Waals surface area contributed by atoms with Gasteiger partial charge in [0.1, 0.15) is 6.54 Å². The van der Waals surface area contributed by atoms with Crippen LogP contribution >= 0.6 is 0 Å². The largest absolute Gasteiger partial charge is 0.468 e. The van der Waals surface area contributed by atoms with Gasteiger partial charge >= 0.3 is 5.97 Å². The van der Waals surface area contributed by atoms with Crippen LogP contribution < -0.4 is 5.32 Å². The highest BCUT2D eigenvalue weighted by Crippen LogP contribution is 2.20. The van der Waals surface area contributed by atoms with Gasteiger partial charge in [-0.3, -0.25) is 14.4 Å². The lowest BCUT2D eigenvalue weighted by Crippen LogP contribution is -2.36. The SMILES string of the molecule is COC(=O)CN(Cc1ccccc1C)C(=O)c1ccc(C)c(NC(C)=O)c1. The third-order valence-corrected chi connectivity index (χ3v) is 4.25. The molecule has 0 heterocycles. The zero-order valence-electron chi connectivity index (χ0n) is 16.0. The van der Waals surface area contributed by atoms with Gasteiger partial charge in [0, 0.05) is 24.7 Å². The van der Waals surface area contributed by atoms with Gasteiger partial charge in [-0.05, 0) is 42.7 Å². The molecule has 0 atom stereocenters. The summed E-state index contributed by atoms with van der Waals surface area (Å²) in [5.41, 5.74) is 3.79. The highest BCUT2D eigenvalue weighted by molar-refractivity contribution is 5.98. The van der Waals surface area contributed by atoms with E-state index in [9.17, 15) is 14.4 Å². The van der Waals surface area contributed by atoms with Crippen molar-refractivity contribution in [1.29, 1.82) is 0 Å². The van der Waals surface area contributed by atoms with E-state index in [1.807, 2.05) is 38.1 Å². The van der Waals surface area contributed by atoms with Crippen molar-refractivity contribution < 1.29 is 19.1 Å². The van der Waals surface area contributed by atoms with E-state index < -0.39 is 5.97 Å². The van der Waals surface area contributed by atoms with Crippen molar-refractivity contribution in [2.75, 3.05) is 19.0 Å². The maximum Gasteiger partial charge on any atom is 0.325 e. The van der Waals surface area contributed by atoms with E-state index in [0.717, 1.165) is 16.7 Å². The Hall–Kier alpha value is -3.15. The Bertz CT molecular complexity index is 861. The minimum Gasteiger partial charge on any atom is -0.468 e. The molecule has 6 nitrogen and oxygen atoms in total. The summed E-state index contributed by atoms with van der Waals surface area (Å²) in [4.78, 5) is 37.7. The topological polar surface area (TPSA) is 75.7 Å². The standard InChI is InChI=1S/C21H24N2O4/c1-14-7-5-6-8-18(14)12-23(13-20(25)27-4)21(26)17-10-9-15(2)19(11-17)22-16(3)24/h5-11H,12-13H2,1-4H3,(H,22,24). The van der Waals surface area contributed by atoms with Crippen LogP contribution in [-0.2, 0) is 20.9 Å². The Morgan fingerprint density at radius 1 is 1.04 bits per heavy atom. The smallest absolute Gasteiger partial charge is 0.325 e. The van der Waals surface area contributed by atoms with Crippen LogP contribution in [0.4, 0.5) is 5.69 Å². The number of carbonyl (C=O) groups excluding carboxylic acids is 3. The number of aryl methyl sites for hydroxylation is 2. The quantitative estimate of drug-likeness (QED) is 0.795. The van der Waals surface area contributed by atoms with Gasteiger partial charge in [-0.2, -0.15) is 0 Å². The molecule has 0 aliphatic rings. The van der Waals surface area contributed by atoms with Gasteiger partial charge in [0.2, 0.25) is 5.91 Å². The molecule has 0 spiro atoms. The summed E-state index contributed by atoms with van der Waals surface area (Å²) >= 11 is 0. The molecule has 0 aromatic heterocycles. The Morgan fingerprint density at radius 3 is 2.37 bits per heavy atom. The summed E-state index contributed by atoms with van der Waals surface area (Å²) in [5.74, 6) is -1.02. The average molecular weight is 368 g/mol. The van der Waals surface area contributed by atoms with Crippen LogP contribution in [0, 0.1) is 13.8 Å². The second-order valence-corrected chi connectivity index (χ2v) is 6.37. The van der Waals surface area contributed by atoms with E-state index in [0.29, 0.717) is 11.3 Å². The second-order valence-electron chi connectivity index (χ2n) is 6.37. The van der Waals surface area contributed by atoms with E-state index in [4.69, 9.17) is 4.74 Å². The first-order chi connectivity index (χ1) is 12.8. The zero-order chi connectivity index (χ0) is 20.0. The molecule has 2 aromatic rings. The number of hydrogen-bond donors (Lipinski definition) is 1. The van der Waals surface area contributed by atoms with Crippen molar-refractivity contribution in [3.63, 3.8) is 0 Å². The number of hydrogen-bond acceptors (Lipinski definition) is 4. The van der Waals surface area contributed by atoms with Gasteiger partial charge in [0.25, 0.3) is 5.91 Å². The lowest BCUT2D eigenvalue weighted by Gasteiger charge is -2.23. The van der Waals surface area contributed by atoms with E-state index in [1.54, 1.807) is 18.2 Å². The minimum atomic E-state index is -0.494. The van der Waals surface area contributed by atoms with Crippen molar-refractivity contribution in [2.45, 2.75) is 27.3 Å². The van der Waals surface area contributed by atoms with Crippen LogP contribution in [0.3, 0.4) is 0 Å². The molecule has 0 bridgehead atoms. The number of carbonyl (C=O) groups is 3. The third-order valence-electron chi connectivity index (χ3n) is 4.25. The Kier molecular flexibility index (Phi) is 6.71. The van der Waals surface area contributed by atoms with Crippen molar-refractivity contribution in [2.24, 2.45) is 0 Å². The fourth-order valence-corrected chi connectivity index (χ4v) is 2.67. The average Bonchev–Trinajstić information content (AvgIpc) is 2.63. The fourth-order valence-electron chi connectivity index (χ4n) is 2.67. The van der Waals surface area contributed by atoms with E-state index in [2.05, 4.69) is 5.32 Å². The lowest BCUT2D eigenvalue weighted by molar-refractivity contribution is -0.141. The van der Waals surface area contributed by atoms with Gasteiger partial charge < -0.3 is 15.0 Å². The zero-order valence-corrected chi connectivity index (χ0v) is 16.0. The van der Waals surface area contributed by atoms with Crippen molar-refractivity contribution >= 4 is 23.5 Å². The maximum absolute atomic E-state index is 13.1. The Morgan fingerprint density at radius 2 is 1.74 bits per heavy atom. The van der Waals surface area contributed by atoms with Crippen LogP contribution in [0.25, 0.3) is 0 Å². The first kappa shape index (κ1) is 20.2. The Balaban J connectivity index is 2.34. The van der Waals surface area contributed by atoms with Crippen LogP contribution in [-0.4, -0.2) is 36.3 Å². The molecule has 142 valence electrons. The minimum absolute atomic E-state index is 0.160. The molecule has 0 aliphatic heterocycles. The number of nitrogens with zero attached hydrogens (tertiary/aromatic N) is 1. The summed E-state index contributed by atoms with van der Waals surface area (Å²) in [6.07, 6.45) is 0. The number of esters is 1. The van der Waals surface area contributed by atoms with Crippen LogP contribution in [0.5, 0.6) is 0 Å². The summed E-state index contributed by atoms with van der Waals surface area (Å²) < 4.78 is 4.74. The number of benzene rings is 2. The van der Waals surface area contributed by atoms with Crippen molar-refractivity contribution in [3.8, 4) is 0 Å². The maximum atomic E-state index is 13.1. The monoisotopic (exact) mass is 368 g/mol. The van der Waals surface area contributed by atoms with Crippen molar-refractivity contribution in [3.05, 3.63) is 64.7 Å². The van der Waals surface area contributed by atoms with Gasteiger partial charge in [0.05, 0.1) is 7.11 Å². The predicted octanol–water partition coefficient (Wildman–Crippen LogP) is 3.08. The van der Waals surface area contributed by atoms with E-state index in [1.165, 1.54) is 18.9 Å². The second kappa shape index (κ2) is 8.98. The summed E-state index contributed by atoms with van der Waals surface area (Å²) in [7, 11) is 1.29. The number of amides is 2. The van der Waals surface area contributed by atoms with Crippen LogP contribution in [0.2, 0.25) is 0 Å². The summed E-state index contributed by atoms with van der Waals surface area (Å²) in [6.45, 7) is 5.34. The molecule has 27 heavy (non-hydrogen) atoms. The van der Waals surface area contributed by atoms with Crippen molar-refractivity contribution in [1.82, 2.24) is 4.90 Å². The number of nitrogens with one attached hydrogen (secondary N) is 1. The molecule has 0 unspecified atom stereocenters. The normalized spacial score (nSPS) is 10.2. The van der Waals surface area contributed by atoms with Crippen LogP contribution in [0.1, 0.15) is 34.0 Å². The van der Waals surface area contributed by atoms with Gasteiger partial charge in [-0.1, -0.05) is 30.3 Å². The number of anilines is 1. The first-order valence-corrected chi connectivity index (χ1v) is 8.60. The lowest BCUT2D eigenvalue weighted by atomic mass is 10.1. The Labute approximate surface area is 159 Å². The molecule has 2 rings (SSSR count). The fraction of sp³-hybridized carbons (Fsp3) is 0.286. The molecule has 0 saturated heterocycles. The highest BCUT2D eigenvalue weighted by Gasteiger charge is 2.21. The predicted molar refractivity (Wildman–Crippen MR) is 103 cm³/mol.